The standard InChI is InChI=1S/C31H33N2/c1-20(2)24-13-10-14-25(21(3)4)30(24)23-17-18-32(6)29(19-23)33-28-16-8-7-12-26(28)27-15-9-11-22(5)31(27)33/h7-21H,1-6H3/q+1. The molecule has 2 nitrogen and oxygen atoms in total. The van der Waals surface area contributed by atoms with Crippen molar-refractivity contribution < 1.29 is 4.57 Å². The van der Waals surface area contributed by atoms with Crippen LogP contribution in [0.3, 0.4) is 0 Å². The molecule has 0 spiro atoms. The molecule has 5 rings (SSSR count). The minimum Gasteiger partial charge on any atom is -0.237 e. The molecule has 5 aromatic rings. The highest BCUT2D eigenvalue weighted by atomic mass is 15.1. The van der Waals surface area contributed by atoms with Crippen molar-refractivity contribution in [3.63, 3.8) is 0 Å². The largest absolute Gasteiger partial charge is 0.287 e. The third-order valence-corrected chi connectivity index (χ3v) is 6.91. The Balaban J connectivity index is 1.86. The third-order valence-electron chi connectivity index (χ3n) is 6.91. The summed E-state index contributed by atoms with van der Waals surface area (Å²) in [6, 6.07) is 26.8. The van der Waals surface area contributed by atoms with Gasteiger partial charge in [0.25, 0.3) is 5.82 Å². The van der Waals surface area contributed by atoms with Crippen LogP contribution in [0.2, 0.25) is 0 Å². The Bertz CT molecular complexity index is 1460. The van der Waals surface area contributed by atoms with Gasteiger partial charge in [0.1, 0.15) is 11.0 Å². The molecular formula is C31H33N2+. The molecule has 0 fully saturated rings. The quantitative estimate of drug-likeness (QED) is 0.255. The zero-order valence-corrected chi connectivity index (χ0v) is 20.6. The Morgan fingerprint density at radius 1 is 0.727 bits per heavy atom. The molecule has 0 bridgehead atoms. The molecule has 2 aromatic heterocycles. The number of hydrogen-bond acceptors (Lipinski definition) is 0. The topological polar surface area (TPSA) is 8.81 Å². The lowest BCUT2D eigenvalue weighted by Gasteiger charge is -2.20. The number of para-hydroxylation sites is 2. The second-order valence-corrected chi connectivity index (χ2v) is 9.83. The summed E-state index contributed by atoms with van der Waals surface area (Å²) in [7, 11) is 2.15. The van der Waals surface area contributed by atoms with E-state index in [2.05, 4.69) is 130 Å². The van der Waals surface area contributed by atoms with E-state index in [9.17, 15) is 0 Å². The maximum atomic E-state index is 2.44. The van der Waals surface area contributed by atoms with Crippen LogP contribution in [0.1, 0.15) is 56.2 Å². The first-order valence-corrected chi connectivity index (χ1v) is 12.0. The minimum atomic E-state index is 0.464. The molecule has 0 saturated carbocycles. The van der Waals surface area contributed by atoms with Gasteiger partial charge in [0.05, 0.1) is 13.2 Å². The van der Waals surface area contributed by atoms with Gasteiger partial charge in [0.15, 0.2) is 0 Å². The molecule has 166 valence electrons. The molecule has 0 aliphatic rings. The summed E-state index contributed by atoms with van der Waals surface area (Å²) in [5.74, 6) is 2.11. The number of aromatic nitrogens is 2. The lowest BCUT2D eigenvalue weighted by Crippen LogP contribution is -2.33. The highest BCUT2D eigenvalue weighted by Gasteiger charge is 2.24. The van der Waals surface area contributed by atoms with Crippen molar-refractivity contribution in [2.45, 2.75) is 46.5 Å². The number of hydrogen-bond donors (Lipinski definition) is 0. The van der Waals surface area contributed by atoms with Crippen LogP contribution in [-0.4, -0.2) is 4.57 Å². The van der Waals surface area contributed by atoms with Gasteiger partial charge >= 0.3 is 0 Å². The summed E-state index contributed by atoms with van der Waals surface area (Å²) in [6.45, 7) is 11.4. The van der Waals surface area contributed by atoms with Crippen LogP contribution in [0, 0.1) is 6.92 Å². The van der Waals surface area contributed by atoms with Gasteiger partial charge in [-0.25, -0.2) is 4.57 Å². The Morgan fingerprint density at radius 3 is 2.06 bits per heavy atom. The average molecular weight is 434 g/mol. The van der Waals surface area contributed by atoms with Gasteiger partial charge in [-0.3, -0.25) is 0 Å². The SMILES string of the molecule is Cc1cccc2c3ccccc3n(-c3cc(-c4c(C(C)C)cccc4C(C)C)cc[n+]3C)c12. The van der Waals surface area contributed by atoms with E-state index in [0.29, 0.717) is 11.8 Å². The molecule has 3 aromatic carbocycles. The number of benzene rings is 3. The van der Waals surface area contributed by atoms with Crippen LogP contribution in [0.5, 0.6) is 0 Å². The van der Waals surface area contributed by atoms with Crippen LogP contribution in [0.25, 0.3) is 38.8 Å². The molecule has 0 aliphatic heterocycles. The van der Waals surface area contributed by atoms with E-state index >= 15 is 0 Å². The lowest BCUT2D eigenvalue weighted by molar-refractivity contribution is -0.665. The van der Waals surface area contributed by atoms with E-state index in [1.807, 2.05) is 0 Å². The van der Waals surface area contributed by atoms with Crippen LogP contribution >= 0.6 is 0 Å². The van der Waals surface area contributed by atoms with Gasteiger partial charge in [-0.2, -0.15) is 4.57 Å². The Kier molecular flexibility index (Phi) is 5.32. The number of fused-ring (bicyclic) bond motifs is 3. The Labute approximate surface area is 197 Å². The fourth-order valence-corrected chi connectivity index (χ4v) is 5.25. The molecular weight excluding hydrogens is 400 g/mol. The van der Waals surface area contributed by atoms with Crippen molar-refractivity contribution in [3.05, 3.63) is 95.7 Å². The summed E-state index contributed by atoms with van der Waals surface area (Å²) in [5, 5.41) is 2.61. The molecule has 0 amide bonds. The number of nitrogens with zero attached hydrogens (tertiary/aromatic N) is 2. The number of pyridine rings is 1. The zero-order valence-electron chi connectivity index (χ0n) is 20.6. The van der Waals surface area contributed by atoms with Crippen molar-refractivity contribution in [3.8, 4) is 16.9 Å². The number of rotatable bonds is 4. The Hall–Kier alpha value is -3.39. The summed E-state index contributed by atoms with van der Waals surface area (Å²) in [5.41, 5.74) is 9.33. The van der Waals surface area contributed by atoms with Gasteiger partial charge in [-0.15, -0.1) is 0 Å². The monoisotopic (exact) mass is 433 g/mol. The maximum Gasteiger partial charge on any atom is 0.287 e. The Morgan fingerprint density at radius 2 is 1.36 bits per heavy atom. The molecule has 0 unspecified atom stereocenters. The van der Waals surface area contributed by atoms with Crippen molar-refractivity contribution in [2.24, 2.45) is 7.05 Å². The third kappa shape index (κ3) is 3.45. The highest BCUT2D eigenvalue weighted by Crippen LogP contribution is 2.38. The maximum absolute atomic E-state index is 2.44. The summed E-state index contributed by atoms with van der Waals surface area (Å²) < 4.78 is 4.69. The van der Waals surface area contributed by atoms with Gasteiger partial charge in [-0.05, 0) is 70.8 Å². The second-order valence-electron chi connectivity index (χ2n) is 9.83. The summed E-state index contributed by atoms with van der Waals surface area (Å²) in [6.07, 6.45) is 2.21. The molecule has 0 radical (unpaired) electrons. The zero-order chi connectivity index (χ0) is 23.3. The first-order chi connectivity index (χ1) is 15.9. The van der Waals surface area contributed by atoms with Crippen LogP contribution in [-0.2, 0) is 7.05 Å². The van der Waals surface area contributed by atoms with Gasteiger partial charge < -0.3 is 0 Å². The molecule has 0 aliphatic carbocycles. The highest BCUT2D eigenvalue weighted by molar-refractivity contribution is 6.10. The molecule has 2 heterocycles. The van der Waals surface area contributed by atoms with Crippen LogP contribution in [0.4, 0.5) is 0 Å². The van der Waals surface area contributed by atoms with E-state index in [1.165, 1.54) is 55.4 Å². The average Bonchev–Trinajstić information content (AvgIpc) is 3.14. The number of aryl methyl sites for hydroxylation is 2. The van der Waals surface area contributed by atoms with E-state index in [1.54, 1.807) is 0 Å². The summed E-state index contributed by atoms with van der Waals surface area (Å²) >= 11 is 0. The van der Waals surface area contributed by atoms with Crippen molar-refractivity contribution in [1.82, 2.24) is 4.57 Å². The lowest BCUT2D eigenvalue weighted by atomic mass is 9.85. The molecule has 0 atom stereocenters. The van der Waals surface area contributed by atoms with E-state index < -0.39 is 0 Å². The first kappa shape index (κ1) is 21.5. The predicted octanol–water partition coefficient (Wildman–Crippen LogP) is 7.83. The summed E-state index contributed by atoms with van der Waals surface area (Å²) in [4.78, 5) is 0. The fraction of sp³-hybridized carbons (Fsp3) is 0.258. The van der Waals surface area contributed by atoms with Gasteiger partial charge in [0.2, 0.25) is 0 Å². The normalized spacial score (nSPS) is 11.9. The van der Waals surface area contributed by atoms with E-state index in [-0.39, 0.29) is 0 Å². The molecule has 0 saturated heterocycles. The van der Waals surface area contributed by atoms with Gasteiger partial charge in [-0.1, -0.05) is 70.2 Å². The van der Waals surface area contributed by atoms with E-state index in [0.717, 1.165) is 0 Å². The first-order valence-electron chi connectivity index (χ1n) is 12.0. The van der Waals surface area contributed by atoms with Gasteiger partial charge in [0, 0.05) is 16.8 Å². The second kappa shape index (κ2) is 8.19. The van der Waals surface area contributed by atoms with Crippen molar-refractivity contribution in [1.29, 1.82) is 0 Å². The molecule has 0 N–H and O–H groups in total. The predicted molar refractivity (Wildman–Crippen MR) is 140 cm³/mol. The smallest absolute Gasteiger partial charge is 0.237 e. The van der Waals surface area contributed by atoms with Crippen molar-refractivity contribution >= 4 is 21.8 Å². The minimum absolute atomic E-state index is 0.464. The molecule has 33 heavy (non-hydrogen) atoms. The van der Waals surface area contributed by atoms with Crippen molar-refractivity contribution in [2.75, 3.05) is 0 Å². The van der Waals surface area contributed by atoms with Crippen LogP contribution in [0.15, 0.2) is 79.0 Å². The van der Waals surface area contributed by atoms with E-state index in [4.69, 9.17) is 0 Å². The molecule has 2 heteroatoms. The van der Waals surface area contributed by atoms with Crippen LogP contribution < -0.4 is 4.57 Å². The fourth-order valence-electron chi connectivity index (χ4n) is 5.25.